The third-order valence-electron chi connectivity index (χ3n) is 6.70. The van der Waals surface area contributed by atoms with E-state index in [9.17, 15) is 27.6 Å². The Kier molecular flexibility index (Phi) is 11.4. The monoisotopic (exact) mass is 630 g/mol. The van der Waals surface area contributed by atoms with Crippen LogP contribution in [0.25, 0.3) is 0 Å². The Balaban J connectivity index is 1.99. The predicted octanol–water partition coefficient (Wildman–Crippen LogP) is 3.17. The summed E-state index contributed by atoms with van der Waals surface area (Å²) in [6, 6.07) is 5.51. The number of aryl methyl sites for hydroxylation is 1. The summed E-state index contributed by atoms with van der Waals surface area (Å²) >= 11 is 0. The molecule has 0 aliphatic carbocycles. The molecule has 1 aromatic carbocycles. The molecule has 45 heavy (non-hydrogen) atoms. The number of amides is 3. The van der Waals surface area contributed by atoms with E-state index in [1.165, 1.54) is 47.4 Å². The molecule has 13 nitrogen and oxygen atoms in total. The van der Waals surface area contributed by atoms with Gasteiger partial charge in [-0.15, -0.1) is 0 Å². The summed E-state index contributed by atoms with van der Waals surface area (Å²) in [6.45, 7) is 9.50. The van der Waals surface area contributed by atoms with Crippen molar-refractivity contribution in [1.29, 1.82) is 0 Å². The van der Waals surface area contributed by atoms with Gasteiger partial charge in [0.25, 0.3) is 5.91 Å². The van der Waals surface area contributed by atoms with Gasteiger partial charge in [0.2, 0.25) is 23.7 Å². The van der Waals surface area contributed by atoms with Crippen molar-refractivity contribution in [2.24, 2.45) is 9.98 Å². The Hall–Kier alpha value is -5.25. The van der Waals surface area contributed by atoms with Gasteiger partial charge in [-0.05, 0) is 50.4 Å². The van der Waals surface area contributed by atoms with E-state index in [0.29, 0.717) is 11.3 Å². The van der Waals surface area contributed by atoms with E-state index in [0.717, 1.165) is 13.0 Å². The van der Waals surface area contributed by atoms with Crippen molar-refractivity contribution >= 4 is 47.5 Å². The van der Waals surface area contributed by atoms with Crippen molar-refractivity contribution in [3.63, 3.8) is 0 Å². The van der Waals surface area contributed by atoms with E-state index in [4.69, 9.17) is 9.84 Å². The van der Waals surface area contributed by atoms with Gasteiger partial charge in [0.05, 0.1) is 29.7 Å². The van der Waals surface area contributed by atoms with Crippen LogP contribution in [0.5, 0.6) is 5.88 Å². The predicted molar refractivity (Wildman–Crippen MR) is 163 cm³/mol. The molecule has 0 saturated carbocycles. The number of aliphatic hydroxyl groups excluding tert-OH is 1. The second-order valence-electron chi connectivity index (χ2n) is 9.64. The van der Waals surface area contributed by atoms with Gasteiger partial charge >= 0.3 is 6.18 Å². The standard InChI is InChI=1S/C29H33F3N8O5/c1-6-23(42)35-22-13-19(27(44)40-11-9-39(10-12-40)25(43)16-41)7-8-20(22)36-26(18(3)29(30,31)32)38-28(33-4)37-21-14-24(45-5)34-15-17(21)2/h6-8,13-15,36,41H,1,4,9-12,16H2,2-3,5H3,(H,35,42)(H,34,37,38)/b26-18+. The van der Waals surface area contributed by atoms with Crippen LogP contribution in [-0.4, -0.2) is 96.4 Å². The number of aliphatic imine (C=N–C) groups is 2. The third kappa shape index (κ3) is 8.88. The Labute approximate surface area is 257 Å². The number of aromatic nitrogens is 1. The van der Waals surface area contributed by atoms with E-state index < -0.39 is 41.9 Å². The number of allylic oxidation sites excluding steroid dienone is 1. The third-order valence-corrected chi connectivity index (χ3v) is 6.70. The highest BCUT2D eigenvalue weighted by Crippen LogP contribution is 2.32. The van der Waals surface area contributed by atoms with Crippen molar-refractivity contribution in [2.75, 3.05) is 55.8 Å². The highest BCUT2D eigenvalue weighted by molar-refractivity contribution is 6.04. The molecule has 1 aliphatic heterocycles. The van der Waals surface area contributed by atoms with Crippen LogP contribution in [0, 0.1) is 6.92 Å². The van der Waals surface area contributed by atoms with Crippen LogP contribution in [0.15, 0.2) is 64.5 Å². The number of aliphatic hydroxyl groups is 1. The SMILES string of the molecule is C=CC(=O)Nc1cc(C(=O)N2CCN(C(=O)CO)CC2)ccc1NC(/N=C(\N=C)Nc1cc(OC)ncc1C)=C(/C)C(F)(F)F. The Morgan fingerprint density at radius 3 is 2.31 bits per heavy atom. The van der Waals surface area contributed by atoms with Gasteiger partial charge in [0, 0.05) is 44.0 Å². The van der Waals surface area contributed by atoms with E-state index in [1.807, 2.05) is 0 Å². The van der Waals surface area contributed by atoms with Gasteiger partial charge in [-0.25, -0.2) is 9.98 Å². The van der Waals surface area contributed by atoms with Crippen LogP contribution < -0.4 is 20.7 Å². The Bertz CT molecular complexity index is 1530. The summed E-state index contributed by atoms with van der Waals surface area (Å²) in [5, 5.41) is 17.0. The normalized spacial score (nSPS) is 14.2. The highest BCUT2D eigenvalue weighted by Gasteiger charge is 2.34. The van der Waals surface area contributed by atoms with Crippen LogP contribution >= 0.6 is 0 Å². The summed E-state index contributed by atoms with van der Waals surface area (Å²) in [5.41, 5.74) is -0.0212. The minimum atomic E-state index is -4.81. The number of carbonyl (C=O) groups excluding carboxylic acids is 3. The van der Waals surface area contributed by atoms with E-state index in [1.54, 1.807) is 6.92 Å². The van der Waals surface area contributed by atoms with E-state index in [2.05, 4.69) is 44.2 Å². The minimum absolute atomic E-state index is 0.0207. The summed E-state index contributed by atoms with van der Waals surface area (Å²) in [5.74, 6) is -2.29. The Morgan fingerprint density at radius 1 is 1.07 bits per heavy atom. The van der Waals surface area contributed by atoms with Crippen molar-refractivity contribution in [3.8, 4) is 5.88 Å². The van der Waals surface area contributed by atoms with Crippen LogP contribution in [0.2, 0.25) is 0 Å². The number of alkyl halides is 3. The molecule has 4 N–H and O–H groups in total. The smallest absolute Gasteiger partial charge is 0.415 e. The number of nitrogens with zero attached hydrogens (tertiary/aromatic N) is 5. The zero-order chi connectivity index (χ0) is 33.3. The summed E-state index contributed by atoms with van der Waals surface area (Å²) in [6.07, 6.45) is -2.36. The molecule has 0 spiro atoms. The molecule has 16 heteroatoms. The number of piperazine rings is 1. The van der Waals surface area contributed by atoms with Crippen LogP contribution in [0.3, 0.4) is 0 Å². The van der Waals surface area contributed by atoms with Crippen LogP contribution in [-0.2, 0) is 9.59 Å². The molecule has 1 aromatic heterocycles. The number of methoxy groups -OCH3 is 1. The van der Waals surface area contributed by atoms with Gasteiger partial charge in [0.1, 0.15) is 12.4 Å². The fourth-order valence-corrected chi connectivity index (χ4v) is 4.06. The molecular formula is C29H33F3N8O5. The van der Waals surface area contributed by atoms with Crippen molar-refractivity contribution in [1.82, 2.24) is 14.8 Å². The molecule has 2 aromatic rings. The number of halogens is 3. The van der Waals surface area contributed by atoms with Crippen molar-refractivity contribution in [3.05, 3.63) is 65.6 Å². The van der Waals surface area contributed by atoms with E-state index in [-0.39, 0.29) is 55.0 Å². The fourth-order valence-electron chi connectivity index (χ4n) is 4.06. The first-order valence-electron chi connectivity index (χ1n) is 13.4. The number of pyridine rings is 1. The molecule has 1 fully saturated rings. The first-order valence-corrected chi connectivity index (χ1v) is 13.4. The molecule has 2 heterocycles. The van der Waals surface area contributed by atoms with Gasteiger partial charge in [-0.1, -0.05) is 6.58 Å². The van der Waals surface area contributed by atoms with Crippen LogP contribution in [0.4, 0.5) is 30.2 Å². The van der Waals surface area contributed by atoms with Crippen LogP contribution in [0.1, 0.15) is 22.8 Å². The number of anilines is 3. The lowest BCUT2D eigenvalue weighted by Gasteiger charge is -2.34. The molecule has 3 amide bonds. The first kappa shape index (κ1) is 34.2. The maximum absolute atomic E-state index is 14.0. The second kappa shape index (κ2) is 15.0. The topological polar surface area (TPSA) is 161 Å². The summed E-state index contributed by atoms with van der Waals surface area (Å²) in [7, 11) is 1.41. The number of nitrogens with one attached hydrogen (secondary N) is 3. The average molecular weight is 631 g/mol. The fraction of sp³-hybridized carbons (Fsp3) is 0.310. The average Bonchev–Trinajstić information content (AvgIpc) is 3.03. The van der Waals surface area contributed by atoms with Gasteiger partial charge in [-0.2, -0.15) is 18.2 Å². The quantitative estimate of drug-likeness (QED) is 0.187. The second-order valence-corrected chi connectivity index (χ2v) is 9.64. The lowest BCUT2D eigenvalue weighted by Crippen LogP contribution is -2.51. The molecule has 0 unspecified atom stereocenters. The zero-order valence-corrected chi connectivity index (χ0v) is 24.9. The molecular weight excluding hydrogens is 597 g/mol. The number of rotatable bonds is 9. The molecule has 3 rings (SSSR count). The molecule has 0 bridgehead atoms. The van der Waals surface area contributed by atoms with E-state index >= 15 is 0 Å². The summed E-state index contributed by atoms with van der Waals surface area (Å²) < 4.78 is 47.0. The van der Waals surface area contributed by atoms with Gasteiger partial charge in [0.15, 0.2) is 0 Å². The lowest BCUT2D eigenvalue weighted by molar-refractivity contribution is -0.135. The molecule has 1 saturated heterocycles. The molecule has 1 aliphatic rings. The highest BCUT2D eigenvalue weighted by atomic mass is 19.4. The maximum atomic E-state index is 14.0. The van der Waals surface area contributed by atoms with Gasteiger partial charge < -0.3 is 35.6 Å². The number of ether oxygens (including phenoxy) is 1. The Morgan fingerprint density at radius 2 is 1.73 bits per heavy atom. The minimum Gasteiger partial charge on any atom is -0.481 e. The van der Waals surface area contributed by atoms with Crippen molar-refractivity contribution < 1.29 is 37.4 Å². The molecule has 240 valence electrons. The zero-order valence-electron chi connectivity index (χ0n) is 24.9. The van der Waals surface area contributed by atoms with Gasteiger partial charge in [-0.3, -0.25) is 14.4 Å². The maximum Gasteiger partial charge on any atom is 0.415 e. The summed E-state index contributed by atoms with van der Waals surface area (Å²) in [4.78, 5) is 52.0. The lowest BCUT2D eigenvalue weighted by atomic mass is 10.1. The van der Waals surface area contributed by atoms with Crippen molar-refractivity contribution in [2.45, 2.75) is 20.0 Å². The number of hydrogen-bond donors (Lipinski definition) is 4. The number of guanidine groups is 1. The largest absolute Gasteiger partial charge is 0.481 e. The molecule has 0 radical (unpaired) electrons. The molecule has 0 atom stereocenters. The number of benzene rings is 1. The first-order chi connectivity index (χ1) is 21.3. The number of carbonyl (C=O) groups is 3. The number of hydrogen-bond acceptors (Lipinski definition) is 8.